The van der Waals surface area contributed by atoms with Crippen molar-refractivity contribution in [3.8, 4) is 5.75 Å². The topological polar surface area (TPSA) is 102 Å². The van der Waals surface area contributed by atoms with Gasteiger partial charge in [-0.2, -0.15) is 0 Å². The van der Waals surface area contributed by atoms with Gasteiger partial charge in [-0.05, 0) is 6.92 Å². The molecule has 1 N–H and O–H groups in total. The van der Waals surface area contributed by atoms with E-state index in [2.05, 4.69) is 5.32 Å². The molecule has 1 heterocycles. The van der Waals surface area contributed by atoms with Gasteiger partial charge in [0.15, 0.2) is 11.6 Å². The molecular formula is C13H18FN3O5S. The molecule has 1 fully saturated rings. The smallest absolute Gasteiger partial charge is 0.313 e. The molecular weight excluding hydrogens is 329 g/mol. The van der Waals surface area contributed by atoms with E-state index in [4.69, 9.17) is 4.74 Å². The maximum absolute atomic E-state index is 13.9. The highest BCUT2D eigenvalue weighted by atomic mass is 32.2. The van der Waals surface area contributed by atoms with Crippen molar-refractivity contribution in [1.29, 1.82) is 0 Å². The summed E-state index contributed by atoms with van der Waals surface area (Å²) < 4.78 is 43.4. The lowest BCUT2D eigenvalue weighted by Gasteiger charge is -2.38. The fraction of sp³-hybridized carbons (Fsp3) is 0.538. The van der Waals surface area contributed by atoms with Gasteiger partial charge in [-0.15, -0.1) is 0 Å². The number of rotatable bonds is 7. The lowest BCUT2D eigenvalue weighted by atomic mass is 10.0. The Morgan fingerprint density at radius 2 is 2.13 bits per heavy atom. The van der Waals surface area contributed by atoms with E-state index in [1.54, 1.807) is 6.92 Å². The molecule has 0 atom stereocenters. The second-order valence-corrected chi connectivity index (χ2v) is 7.48. The Hall–Kier alpha value is -1.94. The Balaban J connectivity index is 1.99. The summed E-state index contributed by atoms with van der Waals surface area (Å²) in [6, 6.07) is 2.03. The van der Waals surface area contributed by atoms with Crippen LogP contribution in [0.15, 0.2) is 12.1 Å². The van der Waals surface area contributed by atoms with Gasteiger partial charge in [0.05, 0.1) is 29.5 Å². The van der Waals surface area contributed by atoms with Crippen molar-refractivity contribution in [3.05, 3.63) is 28.1 Å². The highest BCUT2D eigenvalue weighted by molar-refractivity contribution is 7.89. The molecule has 23 heavy (non-hydrogen) atoms. The fourth-order valence-corrected chi connectivity index (χ4v) is 3.54. The Labute approximate surface area is 133 Å². The van der Waals surface area contributed by atoms with Crippen LogP contribution in [0.3, 0.4) is 0 Å². The van der Waals surface area contributed by atoms with Crippen LogP contribution in [0, 0.1) is 21.8 Å². The van der Waals surface area contributed by atoms with E-state index in [0.717, 1.165) is 6.07 Å². The van der Waals surface area contributed by atoms with Gasteiger partial charge in [-0.3, -0.25) is 10.1 Å². The van der Waals surface area contributed by atoms with Crippen molar-refractivity contribution in [2.24, 2.45) is 5.92 Å². The predicted molar refractivity (Wildman–Crippen MR) is 82.6 cm³/mol. The summed E-state index contributed by atoms with van der Waals surface area (Å²) in [6.07, 6.45) is 0. The molecule has 0 bridgehead atoms. The third-order valence-electron chi connectivity index (χ3n) is 3.73. The first-order valence-electron chi connectivity index (χ1n) is 7.02. The average molecular weight is 347 g/mol. The average Bonchev–Trinajstić information content (AvgIpc) is 2.46. The molecule has 1 aliphatic rings. The molecule has 2 rings (SSSR count). The molecule has 1 aromatic carbocycles. The fourth-order valence-electron chi connectivity index (χ4n) is 2.30. The first kappa shape index (κ1) is 17.4. The third-order valence-corrected chi connectivity index (χ3v) is 5.54. The van der Waals surface area contributed by atoms with Crippen molar-refractivity contribution >= 4 is 21.4 Å². The molecule has 0 aliphatic carbocycles. The predicted octanol–water partition coefficient (Wildman–Crippen LogP) is 1.44. The van der Waals surface area contributed by atoms with Crippen LogP contribution in [0.4, 0.5) is 15.8 Å². The van der Waals surface area contributed by atoms with Gasteiger partial charge in [-0.1, -0.05) is 0 Å². The summed E-state index contributed by atoms with van der Waals surface area (Å²) in [5.41, 5.74) is -0.358. The van der Waals surface area contributed by atoms with E-state index in [9.17, 15) is 22.9 Å². The number of methoxy groups -OCH3 is 1. The van der Waals surface area contributed by atoms with Gasteiger partial charge >= 0.3 is 5.69 Å². The zero-order chi connectivity index (χ0) is 17.2. The molecule has 0 unspecified atom stereocenters. The highest BCUT2D eigenvalue weighted by Crippen LogP contribution is 2.32. The number of halogens is 1. The Kier molecular flexibility index (Phi) is 5.05. The maximum atomic E-state index is 13.9. The standard InChI is InChI=1S/C13H18FN3O5S/c1-3-23(20,21)16-7-9(8-16)6-15-11-5-13(22-2)12(17(18)19)4-10(11)14/h4-5,9,15H,3,6-8H2,1-2H3. The first-order chi connectivity index (χ1) is 10.8. The minimum atomic E-state index is -3.17. The molecule has 1 saturated heterocycles. The van der Waals surface area contributed by atoms with Crippen LogP contribution in [0.25, 0.3) is 0 Å². The van der Waals surface area contributed by atoms with Gasteiger partial charge in [-0.25, -0.2) is 17.1 Å². The zero-order valence-corrected chi connectivity index (χ0v) is 13.6. The number of nitro benzene ring substituents is 1. The van der Waals surface area contributed by atoms with Gasteiger partial charge < -0.3 is 10.1 Å². The normalized spacial score (nSPS) is 16.0. The molecule has 1 aliphatic heterocycles. The summed E-state index contributed by atoms with van der Waals surface area (Å²) in [5.74, 6) is -0.670. The van der Waals surface area contributed by atoms with Crippen LogP contribution in [0.5, 0.6) is 5.75 Å². The number of hydrogen-bond donors (Lipinski definition) is 1. The third kappa shape index (κ3) is 3.70. The highest BCUT2D eigenvalue weighted by Gasteiger charge is 2.34. The number of benzene rings is 1. The molecule has 8 nitrogen and oxygen atoms in total. The van der Waals surface area contributed by atoms with Gasteiger partial charge in [0.25, 0.3) is 0 Å². The van der Waals surface area contributed by atoms with Crippen LogP contribution in [-0.2, 0) is 10.0 Å². The molecule has 0 spiro atoms. The van der Waals surface area contributed by atoms with Gasteiger partial charge in [0, 0.05) is 31.6 Å². The van der Waals surface area contributed by atoms with E-state index in [-0.39, 0.29) is 23.1 Å². The Bertz CT molecular complexity index is 704. The molecule has 0 amide bonds. The SMILES string of the molecule is CCS(=O)(=O)N1CC(CNc2cc(OC)c([N+](=O)[O-])cc2F)C1. The number of hydrogen-bond acceptors (Lipinski definition) is 6. The van der Waals surface area contributed by atoms with E-state index in [1.807, 2.05) is 0 Å². The molecule has 0 saturated carbocycles. The molecule has 10 heteroatoms. The summed E-state index contributed by atoms with van der Waals surface area (Å²) in [5, 5.41) is 13.6. The minimum absolute atomic E-state index is 0.0392. The summed E-state index contributed by atoms with van der Waals surface area (Å²) in [4.78, 5) is 10.1. The summed E-state index contributed by atoms with van der Waals surface area (Å²) in [6.45, 7) is 2.72. The number of nitro groups is 1. The van der Waals surface area contributed by atoms with E-state index >= 15 is 0 Å². The van der Waals surface area contributed by atoms with Crippen LogP contribution in [0.2, 0.25) is 0 Å². The van der Waals surface area contributed by atoms with Crippen molar-refractivity contribution in [2.75, 3.05) is 37.8 Å². The van der Waals surface area contributed by atoms with Crippen molar-refractivity contribution in [1.82, 2.24) is 4.31 Å². The van der Waals surface area contributed by atoms with Gasteiger partial charge in [0.2, 0.25) is 10.0 Å². The van der Waals surface area contributed by atoms with E-state index in [0.29, 0.717) is 19.6 Å². The van der Waals surface area contributed by atoms with E-state index in [1.165, 1.54) is 17.5 Å². The Morgan fingerprint density at radius 1 is 1.48 bits per heavy atom. The van der Waals surface area contributed by atoms with Crippen molar-refractivity contribution in [3.63, 3.8) is 0 Å². The zero-order valence-electron chi connectivity index (χ0n) is 12.8. The Morgan fingerprint density at radius 3 is 2.65 bits per heavy atom. The number of anilines is 1. The number of nitrogens with zero attached hydrogens (tertiary/aromatic N) is 2. The van der Waals surface area contributed by atoms with Crippen LogP contribution in [0.1, 0.15) is 6.92 Å². The van der Waals surface area contributed by atoms with E-state index < -0.39 is 26.5 Å². The second-order valence-electron chi connectivity index (χ2n) is 5.23. The number of sulfonamides is 1. The van der Waals surface area contributed by atoms with Crippen molar-refractivity contribution in [2.45, 2.75) is 6.92 Å². The molecule has 0 radical (unpaired) electrons. The molecule has 128 valence electrons. The van der Waals surface area contributed by atoms with Gasteiger partial charge in [0.1, 0.15) is 0 Å². The quantitative estimate of drug-likeness (QED) is 0.591. The lowest BCUT2D eigenvalue weighted by molar-refractivity contribution is -0.385. The number of ether oxygens (including phenoxy) is 1. The monoisotopic (exact) mass is 347 g/mol. The summed E-state index contributed by atoms with van der Waals surface area (Å²) in [7, 11) is -1.91. The van der Waals surface area contributed by atoms with Crippen LogP contribution >= 0.6 is 0 Å². The second kappa shape index (κ2) is 6.67. The van der Waals surface area contributed by atoms with Crippen LogP contribution < -0.4 is 10.1 Å². The molecule has 1 aromatic rings. The minimum Gasteiger partial charge on any atom is -0.490 e. The number of nitrogens with one attached hydrogen (secondary N) is 1. The maximum Gasteiger partial charge on any atom is 0.313 e. The largest absolute Gasteiger partial charge is 0.490 e. The lowest BCUT2D eigenvalue weighted by Crippen LogP contribution is -2.52. The molecule has 0 aromatic heterocycles. The van der Waals surface area contributed by atoms with Crippen LogP contribution in [-0.4, -0.2) is 50.1 Å². The van der Waals surface area contributed by atoms with Crippen molar-refractivity contribution < 1.29 is 22.5 Å². The summed E-state index contributed by atoms with van der Waals surface area (Å²) >= 11 is 0. The first-order valence-corrected chi connectivity index (χ1v) is 8.63.